The molecule has 3 aromatic heterocycles. The number of hydrogen-bond acceptors (Lipinski definition) is 4. The zero-order chi connectivity index (χ0) is 23.3. The Morgan fingerprint density at radius 2 is 1.91 bits per heavy atom. The van der Waals surface area contributed by atoms with Crippen LogP contribution in [0.4, 0.5) is 23.4 Å². The molecule has 0 aliphatic heterocycles. The maximum absolute atomic E-state index is 13.9. The van der Waals surface area contributed by atoms with Crippen molar-refractivity contribution in [3.8, 4) is 0 Å². The van der Waals surface area contributed by atoms with Crippen molar-refractivity contribution in [3.63, 3.8) is 0 Å². The van der Waals surface area contributed by atoms with Gasteiger partial charge in [0.15, 0.2) is 17.2 Å². The number of aromatic nitrogens is 5. The molecule has 1 aromatic carbocycles. The summed E-state index contributed by atoms with van der Waals surface area (Å²) in [7, 11) is 0. The van der Waals surface area contributed by atoms with Crippen LogP contribution < -0.4 is 5.32 Å². The number of benzene rings is 1. The van der Waals surface area contributed by atoms with E-state index in [0.29, 0.717) is 21.5 Å². The molecule has 0 radical (unpaired) electrons. The maximum Gasteiger partial charge on any atom is 0.433 e. The van der Waals surface area contributed by atoms with Crippen LogP contribution in [0.5, 0.6) is 0 Å². The number of aryl methyl sites for hydroxylation is 1. The smallest absolute Gasteiger partial charge is 0.304 e. The minimum atomic E-state index is -4.65. The number of nitrogens with zero attached hydrogens (tertiary/aromatic N) is 5. The summed E-state index contributed by atoms with van der Waals surface area (Å²) in [4.78, 5) is 17.0. The Morgan fingerprint density at radius 1 is 1.15 bits per heavy atom. The van der Waals surface area contributed by atoms with E-state index in [1.807, 2.05) is 0 Å². The number of halogens is 4. The van der Waals surface area contributed by atoms with Gasteiger partial charge in [-0.15, -0.1) is 0 Å². The van der Waals surface area contributed by atoms with Crippen molar-refractivity contribution in [3.05, 3.63) is 76.6 Å². The van der Waals surface area contributed by atoms with Gasteiger partial charge >= 0.3 is 6.18 Å². The molecule has 1 N–H and O–H groups in total. The molecular weight excluding hydrogens is 440 g/mol. The molecule has 1 fully saturated rings. The highest BCUT2D eigenvalue weighted by molar-refractivity contribution is 6.03. The first-order valence-electron chi connectivity index (χ1n) is 10.3. The first-order valence-corrected chi connectivity index (χ1v) is 10.3. The van der Waals surface area contributed by atoms with Crippen LogP contribution in [0.1, 0.15) is 51.9 Å². The van der Waals surface area contributed by atoms with Gasteiger partial charge in [0.05, 0.1) is 6.54 Å². The number of hydrogen-bond donors (Lipinski definition) is 1. The molecule has 7 nitrogen and oxygen atoms in total. The predicted octanol–water partition coefficient (Wildman–Crippen LogP) is 4.57. The number of nitrogens with one attached hydrogen (secondary N) is 1. The Bertz CT molecular complexity index is 1370. The Balaban J connectivity index is 1.41. The Labute approximate surface area is 185 Å². The Morgan fingerprint density at radius 3 is 2.61 bits per heavy atom. The highest BCUT2D eigenvalue weighted by atomic mass is 19.4. The van der Waals surface area contributed by atoms with Gasteiger partial charge < -0.3 is 5.32 Å². The highest BCUT2D eigenvalue weighted by Crippen LogP contribution is 2.41. The molecule has 1 amide bonds. The molecule has 0 saturated heterocycles. The number of anilines is 1. The molecule has 0 unspecified atom stereocenters. The standard InChI is InChI=1S/C22H18F4N6O/c1-12-8-19(30-31(12)11-14-4-2-3-5-15(14)23)28-21(33)17-10-20-27-16(13-6-7-13)9-18(22(24,25)26)32(20)29-17/h2-5,8-10,13H,6-7,11H2,1H3,(H,28,30,33). The molecule has 1 saturated carbocycles. The van der Waals surface area contributed by atoms with Gasteiger partial charge in [0.25, 0.3) is 5.91 Å². The largest absolute Gasteiger partial charge is 0.433 e. The fourth-order valence-electron chi connectivity index (χ4n) is 3.59. The summed E-state index contributed by atoms with van der Waals surface area (Å²) in [6.07, 6.45) is -3.07. The summed E-state index contributed by atoms with van der Waals surface area (Å²) in [5.74, 6) is -0.920. The van der Waals surface area contributed by atoms with E-state index in [1.54, 1.807) is 31.2 Å². The SMILES string of the molecule is Cc1cc(NC(=O)c2cc3nc(C4CC4)cc(C(F)(F)F)n3n2)nn1Cc1ccccc1F. The van der Waals surface area contributed by atoms with Gasteiger partial charge in [-0.2, -0.15) is 23.4 Å². The van der Waals surface area contributed by atoms with Crippen LogP contribution in [0.3, 0.4) is 0 Å². The second kappa shape index (κ2) is 7.68. The van der Waals surface area contributed by atoms with Crippen LogP contribution in [0, 0.1) is 12.7 Å². The third kappa shape index (κ3) is 4.18. The first kappa shape index (κ1) is 21.1. The van der Waals surface area contributed by atoms with Gasteiger partial charge in [0.2, 0.25) is 0 Å². The van der Waals surface area contributed by atoms with E-state index in [9.17, 15) is 22.4 Å². The van der Waals surface area contributed by atoms with E-state index >= 15 is 0 Å². The molecule has 4 aromatic rings. The van der Waals surface area contributed by atoms with Crippen molar-refractivity contribution in [1.82, 2.24) is 24.4 Å². The summed E-state index contributed by atoms with van der Waals surface area (Å²) >= 11 is 0. The summed E-state index contributed by atoms with van der Waals surface area (Å²) < 4.78 is 56.8. The van der Waals surface area contributed by atoms with Crippen molar-refractivity contribution in [2.45, 2.75) is 38.4 Å². The maximum atomic E-state index is 13.9. The minimum absolute atomic E-state index is 0.00432. The van der Waals surface area contributed by atoms with E-state index in [2.05, 4.69) is 20.5 Å². The third-order valence-corrected chi connectivity index (χ3v) is 5.47. The summed E-state index contributed by atoms with van der Waals surface area (Å²) in [5.41, 5.74) is 0.209. The average Bonchev–Trinajstić information content (AvgIpc) is 3.42. The fourth-order valence-corrected chi connectivity index (χ4v) is 3.59. The Kier molecular flexibility index (Phi) is 4.91. The van der Waals surface area contributed by atoms with Crippen LogP contribution in [0.2, 0.25) is 0 Å². The van der Waals surface area contributed by atoms with Gasteiger partial charge in [-0.25, -0.2) is 13.9 Å². The van der Waals surface area contributed by atoms with Crippen molar-refractivity contribution in [2.24, 2.45) is 0 Å². The molecule has 0 atom stereocenters. The molecule has 170 valence electrons. The zero-order valence-corrected chi connectivity index (χ0v) is 17.4. The summed E-state index contributed by atoms with van der Waals surface area (Å²) in [6.45, 7) is 1.90. The lowest BCUT2D eigenvalue weighted by atomic mass is 10.2. The molecule has 33 heavy (non-hydrogen) atoms. The summed E-state index contributed by atoms with van der Waals surface area (Å²) in [5, 5.41) is 10.6. The molecule has 1 aliphatic carbocycles. The molecule has 0 spiro atoms. The summed E-state index contributed by atoms with van der Waals surface area (Å²) in [6, 6.07) is 10.1. The lowest BCUT2D eigenvalue weighted by Gasteiger charge is -2.10. The van der Waals surface area contributed by atoms with E-state index in [0.717, 1.165) is 18.9 Å². The quantitative estimate of drug-likeness (QED) is 0.445. The normalized spacial score (nSPS) is 14.1. The minimum Gasteiger partial charge on any atom is -0.304 e. The van der Waals surface area contributed by atoms with Crippen LogP contribution in [-0.2, 0) is 12.7 Å². The molecule has 11 heteroatoms. The molecule has 5 rings (SSSR count). The van der Waals surface area contributed by atoms with Crippen LogP contribution in [0.25, 0.3) is 5.65 Å². The molecule has 0 bridgehead atoms. The van der Waals surface area contributed by atoms with Crippen molar-refractivity contribution in [2.75, 3.05) is 5.32 Å². The van der Waals surface area contributed by atoms with Crippen LogP contribution in [-0.4, -0.2) is 30.3 Å². The number of fused-ring (bicyclic) bond motifs is 1. The number of carbonyl (C=O) groups excluding carboxylic acids is 1. The van der Waals surface area contributed by atoms with Crippen LogP contribution >= 0.6 is 0 Å². The molecule has 3 heterocycles. The second-order valence-corrected chi connectivity index (χ2v) is 8.01. The topological polar surface area (TPSA) is 77.1 Å². The number of amides is 1. The van der Waals surface area contributed by atoms with E-state index in [4.69, 9.17) is 0 Å². The van der Waals surface area contributed by atoms with Gasteiger partial charge in [0, 0.05) is 35.0 Å². The van der Waals surface area contributed by atoms with Crippen molar-refractivity contribution in [1.29, 1.82) is 0 Å². The fraction of sp³-hybridized carbons (Fsp3) is 0.273. The first-order chi connectivity index (χ1) is 15.7. The van der Waals surface area contributed by atoms with Crippen molar-refractivity contribution < 1.29 is 22.4 Å². The van der Waals surface area contributed by atoms with E-state index < -0.39 is 17.8 Å². The monoisotopic (exact) mass is 458 g/mol. The highest BCUT2D eigenvalue weighted by Gasteiger charge is 2.37. The van der Waals surface area contributed by atoms with E-state index in [1.165, 1.54) is 16.8 Å². The predicted molar refractivity (Wildman–Crippen MR) is 110 cm³/mol. The number of rotatable bonds is 5. The Hall–Kier alpha value is -3.76. The molecular formula is C22H18F4N6O. The van der Waals surface area contributed by atoms with E-state index in [-0.39, 0.29) is 35.4 Å². The lowest BCUT2D eigenvalue weighted by Crippen LogP contribution is -2.16. The third-order valence-electron chi connectivity index (χ3n) is 5.47. The van der Waals surface area contributed by atoms with Gasteiger partial charge in [-0.05, 0) is 31.9 Å². The van der Waals surface area contributed by atoms with Gasteiger partial charge in [0.1, 0.15) is 11.5 Å². The molecule has 1 aliphatic rings. The lowest BCUT2D eigenvalue weighted by molar-refractivity contribution is -0.142. The van der Waals surface area contributed by atoms with Gasteiger partial charge in [-0.3, -0.25) is 9.48 Å². The van der Waals surface area contributed by atoms with Crippen molar-refractivity contribution >= 4 is 17.4 Å². The van der Waals surface area contributed by atoms with Crippen LogP contribution in [0.15, 0.2) is 42.5 Å². The second-order valence-electron chi connectivity index (χ2n) is 8.01. The number of alkyl halides is 3. The zero-order valence-electron chi connectivity index (χ0n) is 17.4. The average molecular weight is 458 g/mol. The number of carbonyl (C=O) groups is 1. The van der Waals surface area contributed by atoms with Gasteiger partial charge in [-0.1, -0.05) is 18.2 Å².